The van der Waals surface area contributed by atoms with Gasteiger partial charge in [-0.3, -0.25) is 4.79 Å². The van der Waals surface area contributed by atoms with Crippen LogP contribution >= 0.6 is 11.3 Å². The number of H-pyrrole nitrogens is 1. The molecule has 0 bridgehead atoms. The van der Waals surface area contributed by atoms with E-state index in [2.05, 4.69) is 4.98 Å². The van der Waals surface area contributed by atoms with Crippen molar-refractivity contribution < 1.29 is 4.79 Å². The largest absolute Gasteiger partial charge is 0.360 e. The van der Waals surface area contributed by atoms with Crippen LogP contribution in [0.4, 0.5) is 0 Å². The summed E-state index contributed by atoms with van der Waals surface area (Å²) in [6.45, 7) is 4.09. The second kappa shape index (κ2) is 4.10. The number of fused-ring (bicyclic) bond motifs is 1. The lowest BCUT2D eigenvalue weighted by Crippen LogP contribution is -1.96. The first-order chi connectivity index (χ1) is 8.66. The van der Waals surface area contributed by atoms with E-state index >= 15 is 0 Å². The second-order valence-corrected chi connectivity index (χ2v) is 5.68. The van der Waals surface area contributed by atoms with Crippen LogP contribution in [0.1, 0.15) is 25.7 Å². The van der Waals surface area contributed by atoms with Crippen LogP contribution in [0.25, 0.3) is 10.9 Å². The number of aromatic nitrogens is 1. The summed E-state index contributed by atoms with van der Waals surface area (Å²) in [7, 11) is 0. The van der Waals surface area contributed by atoms with E-state index in [0.717, 1.165) is 21.3 Å². The lowest BCUT2D eigenvalue weighted by molar-refractivity contribution is 0.104. The SMILES string of the molecule is Cc1cc(C(=O)c2c[nH]c3ccccc23)sc1C. The van der Waals surface area contributed by atoms with Crippen LogP contribution in [0.5, 0.6) is 0 Å². The zero-order valence-electron chi connectivity index (χ0n) is 10.3. The highest BCUT2D eigenvalue weighted by molar-refractivity contribution is 7.14. The fourth-order valence-electron chi connectivity index (χ4n) is 2.08. The molecule has 0 spiro atoms. The molecule has 0 aliphatic rings. The summed E-state index contributed by atoms with van der Waals surface area (Å²) in [5, 5.41) is 0.992. The number of thiophene rings is 1. The number of aromatic amines is 1. The van der Waals surface area contributed by atoms with Crippen LogP contribution in [0.15, 0.2) is 36.5 Å². The Morgan fingerprint density at radius 1 is 1.22 bits per heavy atom. The summed E-state index contributed by atoms with van der Waals surface area (Å²) in [6, 6.07) is 9.86. The molecule has 0 saturated carbocycles. The van der Waals surface area contributed by atoms with Gasteiger partial charge in [-0.1, -0.05) is 18.2 Å². The minimum Gasteiger partial charge on any atom is -0.360 e. The Bertz CT molecular complexity index is 716. The van der Waals surface area contributed by atoms with E-state index < -0.39 is 0 Å². The summed E-state index contributed by atoms with van der Waals surface area (Å²) in [4.78, 5) is 17.6. The summed E-state index contributed by atoms with van der Waals surface area (Å²) >= 11 is 1.57. The minimum atomic E-state index is 0.105. The molecule has 3 rings (SSSR count). The molecule has 0 unspecified atom stereocenters. The molecule has 2 nitrogen and oxygen atoms in total. The molecule has 3 heteroatoms. The average Bonchev–Trinajstić information content (AvgIpc) is 2.93. The Balaban J connectivity index is 2.12. The van der Waals surface area contributed by atoms with Gasteiger partial charge in [0.15, 0.2) is 0 Å². The molecule has 0 saturated heterocycles. The van der Waals surface area contributed by atoms with Gasteiger partial charge < -0.3 is 4.98 Å². The third-order valence-corrected chi connectivity index (χ3v) is 4.37. The molecular weight excluding hydrogens is 242 g/mol. The number of benzene rings is 1. The van der Waals surface area contributed by atoms with E-state index in [-0.39, 0.29) is 5.78 Å². The van der Waals surface area contributed by atoms with Gasteiger partial charge in [0.2, 0.25) is 5.78 Å². The lowest BCUT2D eigenvalue weighted by atomic mass is 10.1. The molecule has 1 N–H and O–H groups in total. The Hall–Kier alpha value is -1.87. The minimum absolute atomic E-state index is 0.105. The molecule has 0 fully saturated rings. The smallest absolute Gasteiger partial charge is 0.205 e. The van der Waals surface area contributed by atoms with Crippen molar-refractivity contribution in [2.45, 2.75) is 13.8 Å². The summed E-state index contributed by atoms with van der Waals surface area (Å²) in [6.07, 6.45) is 1.80. The number of para-hydroxylation sites is 1. The van der Waals surface area contributed by atoms with Crippen molar-refractivity contribution in [1.29, 1.82) is 0 Å². The average molecular weight is 255 g/mol. The quantitative estimate of drug-likeness (QED) is 0.688. The monoisotopic (exact) mass is 255 g/mol. The molecule has 3 aromatic rings. The predicted molar refractivity (Wildman–Crippen MR) is 75.5 cm³/mol. The first kappa shape index (κ1) is 11.2. The third-order valence-electron chi connectivity index (χ3n) is 3.22. The maximum atomic E-state index is 12.5. The predicted octanol–water partition coefficient (Wildman–Crippen LogP) is 4.08. The van der Waals surface area contributed by atoms with Crippen molar-refractivity contribution in [1.82, 2.24) is 4.98 Å². The lowest BCUT2D eigenvalue weighted by Gasteiger charge is -1.95. The second-order valence-electron chi connectivity index (χ2n) is 4.43. The van der Waals surface area contributed by atoms with Gasteiger partial charge in [0.05, 0.1) is 4.88 Å². The van der Waals surface area contributed by atoms with Crippen LogP contribution in [0.2, 0.25) is 0 Å². The highest BCUT2D eigenvalue weighted by Crippen LogP contribution is 2.26. The first-order valence-corrected chi connectivity index (χ1v) is 6.66. The summed E-state index contributed by atoms with van der Waals surface area (Å²) < 4.78 is 0. The van der Waals surface area contributed by atoms with E-state index in [9.17, 15) is 4.79 Å². The van der Waals surface area contributed by atoms with E-state index in [1.807, 2.05) is 44.2 Å². The molecule has 2 aromatic heterocycles. The van der Waals surface area contributed by atoms with Crippen LogP contribution in [0.3, 0.4) is 0 Å². The molecule has 1 aromatic carbocycles. The van der Waals surface area contributed by atoms with E-state index in [1.165, 1.54) is 10.4 Å². The molecule has 0 aliphatic heterocycles. The number of hydrogen-bond acceptors (Lipinski definition) is 2. The number of hydrogen-bond donors (Lipinski definition) is 1. The van der Waals surface area contributed by atoms with Crippen molar-refractivity contribution in [2.75, 3.05) is 0 Å². The maximum absolute atomic E-state index is 12.5. The Morgan fingerprint density at radius 3 is 2.72 bits per heavy atom. The van der Waals surface area contributed by atoms with Gasteiger partial charge in [-0.15, -0.1) is 11.3 Å². The number of aryl methyl sites for hydroxylation is 2. The fourth-order valence-corrected chi connectivity index (χ4v) is 3.07. The zero-order valence-corrected chi connectivity index (χ0v) is 11.1. The van der Waals surface area contributed by atoms with Gasteiger partial charge in [-0.05, 0) is 31.5 Å². The number of ketones is 1. The first-order valence-electron chi connectivity index (χ1n) is 5.84. The molecule has 0 radical (unpaired) electrons. The van der Waals surface area contributed by atoms with Gasteiger partial charge in [-0.25, -0.2) is 0 Å². The number of carbonyl (C=O) groups is 1. The van der Waals surface area contributed by atoms with Gasteiger partial charge >= 0.3 is 0 Å². The van der Waals surface area contributed by atoms with Crippen LogP contribution in [0, 0.1) is 13.8 Å². The molecule has 0 atom stereocenters. The number of rotatable bonds is 2. The van der Waals surface area contributed by atoms with Crippen molar-refractivity contribution in [3.63, 3.8) is 0 Å². The number of nitrogens with one attached hydrogen (secondary N) is 1. The Kier molecular flexibility index (Phi) is 2.56. The highest BCUT2D eigenvalue weighted by atomic mass is 32.1. The number of carbonyl (C=O) groups excluding carboxylic acids is 1. The fraction of sp³-hybridized carbons (Fsp3) is 0.133. The van der Waals surface area contributed by atoms with Crippen LogP contribution in [-0.2, 0) is 0 Å². The van der Waals surface area contributed by atoms with Crippen molar-refractivity contribution in [2.24, 2.45) is 0 Å². The normalized spacial score (nSPS) is 11.0. The van der Waals surface area contributed by atoms with Crippen molar-refractivity contribution in [3.05, 3.63) is 57.4 Å². The van der Waals surface area contributed by atoms with E-state index in [0.29, 0.717) is 0 Å². The Morgan fingerprint density at radius 2 is 2.00 bits per heavy atom. The van der Waals surface area contributed by atoms with Gasteiger partial charge in [-0.2, -0.15) is 0 Å². The van der Waals surface area contributed by atoms with Crippen molar-refractivity contribution >= 4 is 28.0 Å². The summed E-state index contributed by atoms with van der Waals surface area (Å²) in [5.41, 5.74) is 2.95. The van der Waals surface area contributed by atoms with Crippen molar-refractivity contribution in [3.8, 4) is 0 Å². The molecule has 2 heterocycles. The van der Waals surface area contributed by atoms with Crippen LogP contribution in [-0.4, -0.2) is 10.8 Å². The third kappa shape index (κ3) is 1.68. The molecule has 18 heavy (non-hydrogen) atoms. The van der Waals surface area contributed by atoms with Gasteiger partial charge in [0.25, 0.3) is 0 Å². The molecule has 0 amide bonds. The molecule has 90 valence electrons. The summed E-state index contributed by atoms with van der Waals surface area (Å²) in [5.74, 6) is 0.105. The zero-order chi connectivity index (χ0) is 12.7. The molecular formula is C15H13NOS. The van der Waals surface area contributed by atoms with Gasteiger partial charge in [0, 0.05) is 27.5 Å². The van der Waals surface area contributed by atoms with E-state index in [1.54, 1.807) is 17.5 Å². The van der Waals surface area contributed by atoms with E-state index in [4.69, 9.17) is 0 Å². The van der Waals surface area contributed by atoms with Gasteiger partial charge in [0.1, 0.15) is 0 Å². The standard InChI is InChI=1S/C15H13NOS/c1-9-7-14(18-10(9)2)15(17)12-8-16-13-6-4-3-5-11(12)13/h3-8,16H,1-2H3. The Labute approximate surface area is 109 Å². The topological polar surface area (TPSA) is 32.9 Å². The highest BCUT2D eigenvalue weighted by Gasteiger charge is 2.16. The maximum Gasteiger partial charge on any atom is 0.205 e. The molecule has 0 aliphatic carbocycles. The van der Waals surface area contributed by atoms with Crippen LogP contribution < -0.4 is 0 Å².